The van der Waals surface area contributed by atoms with Crippen molar-refractivity contribution in [1.29, 1.82) is 0 Å². The normalized spacial score (nSPS) is 25.0. The molecule has 0 aliphatic carbocycles. The van der Waals surface area contributed by atoms with Crippen molar-refractivity contribution in [2.45, 2.75) is 65.3 Å². The fourth-order valence-electron chi connectivity index (χ4n) is 1.65. The number of aliphatic hydroxyl groups is 1. The van der Waals surface area contributed by atoms with E-state index in [-0.39, 0.29) is 18.3 Å². The second-order valence-corrected chi connectivity index (χ2v) is 6.13. The van der Waals surface area contributed by atoms with Gasteiger partial charge in [0.15, 0.2) is 0 Å². The summed E-state index contributed by atoms with van der Waals surface area (Å²) in [5.41, 5.74) is -0.585. The van der Waals surface area contributed by atoms with Crippen LogP contribution in [0.15, 0.2) is 11.5 Å². The third-order valence-electron chi connectivity index (χ3n) is 3.21. The first-order valence-electron chi connectivity index (χ1n) is 5.72. The van der Waals surface area contributed by atoms with Gasteiger partial charge in [-0.05, 0) is 53.9 Å². The molecular formula is C12H23BO3. The molecule has 0 aromatic heterocycles. The molecule has 1 aliphatic heterocycles. The summed E-state index contributed by atoms with van der Waals surface area (Å²) in [6.07, 6.45) is 1.77. The Balaban J connectivity index is 2.85. The monoisotopic (exact) mass is 226 g/mol. The second-order valence-electron chi connectivity index (χ2n) is 6.13. The van der Waals surface area contributed by atoms with E-state index in [1.165, 1.54) is 0 Å². The van der Waals surface area contributed by atoms with E-state index in [1.54, 1.807) is 19.9 Å². The number of hydrogen-bond acceptors (Lipinski definition) is 3. The maximum atomic E-state index is 9.72. The molecule has 0 aromatic rings. The van der Waals surface area contributed by atoms with E-state index in [0.29, 0.717) is 0 Å². The average Bonchev–Trinajstić information content (AvgIpc) is 2.17. The lowest BCUT2D eigenvalue weighted by Gasteiger charge is -2.32. The molecule has 1 aliphatic rings. The quantitative estimate of drug-likeness (QED) is 0.734. The Morgan fingerprint density at radius 3 is 1.81 bits per heavy atom. The molecule has 0 aromatic carbocycles. The van der Waals surface area contributed by atoms with Gasteiger partial charge in [0.05, 0.1) is 16.8 Å². The van der Waals surface area contributed by atoms with Crippen LogP contribution in [0, 0.1) is 0 Å². The van der Waals surface area contributed by atoms with Crippen molar-refractivity contribution < 1.29 is 14.4 Å². The van der Waals surface area contributed by atoms with Crippen molar-refractivity contribution in [3.8, 4) is 0 Å². The molecular weight excluding hydrogens is 203 g/mol. The van der Waals surface area contributed by atoms with E-state index in [4.69, 9.17) is 9.31 Å². The van der Waals surface area contributed by atoms with Crippen molar-refractivity contribution in [3.63, 3.8) is 0 Å². The van der Waals surface area contributed by atoms with Crippen molar-refractivity contribution in [3.05, 3.63) is 11.5 Å². The van der Waals surface area contributed by atoms with Crippen LogP contribution in [0.1, 0.15) is 48.5 Å². The maximum absolute atomic E-state index is 9.72. The van der Waals surface area contributed by atoms with Crippen LogP contribution >= 0.6 is 0 Å². The van der Waals surface area contributed by atoms with Crippen molar-refractivity contribution in [1.82, 2.24) is 0 Å². The fraction of sp³-hybridized carbons (Fsp3) is 0.833. The standard InChI is InChI=1S/C12H23BO3/c1-9(8-10(2,3)14)13-15-11(4,5)12(6,7)16-13/h8,14H,1-7H3/b9-8+. The Hall–Kier alpha value is -0.315. The van der Waals surface area contributed by atoms with Gasteiger partial charge in [0.25, 0.3) is 0 Å². The lowest BCUT2D eigenvalue weighted by molar-refractivity contribution is 0.00578. The first-order chi connectivity index (χ1) is 6.95. The first kappa shape index (κ1) is 13.7. The minimum absolute atomic E-state index is 0.327. The largest absolute Gasteiger partial charge is 0.490 e. The van der Waals surface area contributed by atoms with Crippen LogP contribution in [0.5, 0.6) is 0 Å². The third kappa shape index (κ3) is 2.87. The summed E-state index contributed by atoms with van der Waals surface area (Å²) < 4.78 is 11.7. The molecule has 1 N–H and O–H groups in total. The van der Waals surface area contributed by atoms with Crippen LogP contribution in [-0.4, -0.2) is 29.0 Å². The van der Waals surface area contributed by atoms with E-state index < -0.39 is 5.60 Å². The molecule has 0 bridgehead atoms. The van der Waals surface area contributed by atoms with Crippen molar-refractivity contribution >= 4 is 7.12 Å². The van der Waals surface area contributed by atoms with E-state index in [0.717, 1.165) is 5.47 Å². The van der Waals surface area contributed by atoms with Crippen molar-refractivity contribution in [2.24, 2.45) is 0 Å². The average molecular weight is 226 g/mol. The Labute approximate surface area is 99.0 Å². The van der Waals surface area contributed by atoms with E-state index in [2.05, 4.69) is 0 Å². The maximum Gasteiger partial charge on any atom is 0.490 e. The summed E-state index contributed by atoms with van der Waals surface area (Å²) >= 11 is 0. The van der Waals surface area contributed by atoms with Gasteiger partial charge in [-0.3, -0.25) is 0 Å². The third-order valence-corrected chi connectivity index (χ3v) is 3.21. The SMILES string of the molecule is C/C(=C\C(C)(C)O)B1OC(C)(C)C(C)(C)O1. The minimum Gasteiger partial charge on any atom is -0.400 e. The zero-order valence-electron chi connectivity index (χ0n) is 11.4. The predicted octanol–water partition coefficient (Wildman–Crippen LogP) is 2.33. The fourth-order valence-corrected chi connectivity index (χ4v) is 1.65. The number of hydrogen-bond donors (Lipinski definition) is 1. The zero-order chi connectivity index (χ0) is 12.8. The van der Waals surface area contributed by atoms with Crippen LogP contribution in [-0.2, 0) is 9.31 Å². The van der Waals surface area contributed by atoms with Crippen LogP contribution < -0.4 is 0 Å². The minimum atomic E-state index is -0.840. The van der Waals surface area contributed by atoms with Crippen LogP contribution in [0.25, 0.3) is 0 Å². The Morgan fingerprint density at radius 1 is 1.12 bits per heavy atom. The van der Waals surface area contributed by atoms with Crippen LogP contribution in [0.4, 0.5) is 0 Å². The molecule has 0 amide bonds. The summed E-state index contributed by atoms with van der Waals surface area (Å²) in [6, 6.07) is 0. The zero-order valence-corrected chi connectivity index (χ0v) is 11.4. The van der Waals surface area contributed by atoms with Gasteiger partial charge in [0, 0.05) is 0 Å². The molecule has 1 heterocycles. The van der Waals surface area contributed by atoms with Gasteiger partial charge in [-0.25, -0.2) is 0 Å². The highest BCUT2D eigenvalue weighted by Gasteiger charge is 2.51. The van der Waals surface area contributed by atoms with Gasteiger partial charge in [-0.1, -0.05) is 6.08 Å². The van der Waals surface area contributed by atoms with Gasteiger partial charge in [0.1, 0.15) is 0 Å². The summed E-state index contributed by atoms with van der Waals surface area (Å²) in [5.74, 6) is 0. The Kier molecular flexibility index (Phi) is 3.32. The van der Waals surface area contributed by atoms with Gasteiger partial charge in [-0.2, -0.15) is 0 Å². The molecule has 1 rings (SSSR count). The number of rotatable bonds is 2. The molecule has 0 atom stereocenters. The molecule has 1 fully saturated rings. The predicted molar refractivity (Wildman–Crippen MR) is 66.1 cm³/mol. The highest BCUT2D eigenvalue weighted by molar-refractivity contribution is 6.54. The Morgan fingerprint density at radius 2 is 1.50 bits per heavy atom. The highest BCUT2D eigenvalue weighted by atomic mass is 16.7. The van der Waals surface area contributed by atoms with Gasteiger partial charge < -0.3 is 14.4 Å². The van der Waals surface area contributed by atoms with Crippen LogP contribution in [0.2, 0.25) is 0 Å². The van der Waals surface area contributed by atoms with Gasteiger partial charge >= 0.3 is 7.12 Å². The van der Waals surface area contributed by atoms with Crippen LogP contribution in [0.3, 0.4) is 0 Å². The summed E-state index contributed by atoms with van der Waals surface area (Å²) in [6.45, 7) is 13.5. The molecule has 0 spiro atoms. The molecule has 92 valence electrons. The molecule has 0 unspecified atom stereocenters. The van der Waals surface area contributed by atoms with Gasteiger partial charge in [0.2, 0.25) is 0 Å². The highest BCUT2D eigenvalue weighted by Crippen LogP contribution is 2.38. The smallest absolute Gasteiger partial charge is 0.400 e. The molecule has 0 saturated carbocycles. The molecule has 16 heavy (non-hydrogen) atoms. The number of allylic oxidation sites excluding steroid dienone is 1. The summed E-state index contributed by atoms with van der Waals surface area (Å²) in [7, 11) is -0.364. The molecule has 0 radical (unpaired) electrons. The first-order valence-corrected chi connectivity index (χ1v) is 5.72. The summed E-state index contributed by atoms with van der Waals surface area (Å²) in [4.78, 5) is 0. The van der Waals surface area contributed by atoms with E-state index in [1.807, 2.05) is 34.6 Å². The molecule has 4 heteroatoms. The molecule has 1 saturated heterocycles. The lowest BCUT2D eigenvalue weighted by atomic mass is 9.77. The topological polar surface area (TPSA) is 38.7 Å². The Bertz CT molecular complexity index is 284. The van der Waals surface area contributed by atoms with Gasteiger partial charge in [-0.15, -0.1) is 0 Å². The summed E-state index contributed by atoms with van der Waals surface area (Å²) in [5, 5.41) is 9.72. The lowest BCUT2D eigenvalue weighted by Crippen LogP contribution is -2.41. The van der Waals surface area contributed by atoms with E-state index >= 15 is 0 Å². The van der Waals surface area contributed by atoms with Crippen molar-refractivity contribution in [2.75, 3.05) is 0 Å². The molecule has 3 nitrogen and oxygen atoms in total. The second kappa shape index (κ2) is 3.86. The van der Waals surface area contributed by atoms with E-state index in [9.17, 15) is 5.11 Å².